The average molecular weight is 300 g/mol. The molecule has 2 N–H and O–H groups in total. The first-order valence-corrected chi connectivity index (χ1v) is 6.74. The topological polar surface area (TPSA) is 75.6 Å². The first-order valence-electron chi connectivity index (χ1n) is 6.36. The van der Waals surface area contributed by atoms with Crippen LogP contribution in [0, 0.1) is 6.92 Å². The summed E-state index contributed by atoms with van der Waals surface area (Å²) in [6, 6.07) is 5.39. The summed E-state index contributed by atoms with van der Waals surface area (Å²) in [6.45, 7) is 2.48. The van der Waals surface area contributed by atoms with Crippen molar-refractivity contribution in [2.45, 2.75) is 26.2 Å². The minimum Gasteiger partial charge on any atom is -0.494 e. The molecule has 0 saturated heterocycles. The average Bonchev–Trinajstić information content (AvgIpc) is 2.38. The number of nitrogens with one attached hydrogen (secondary N) is 1. The van der Waals surface area contributed by atoms with Gasteiger partial charge in [0.25, 0.3) is 0 Å². The fourth-order valence-corrected chi connectivity index (χ4v) is 1.64. The smallest absolute Gasteiger partial charge is 0.305 e. The van der Waals surface area contributed by atoms with Gasteiger partial charge in [-0.25, -0.2) is 0 Å². The third kappa shape index (κ3) is 6.43. The van der Waals surface area contributed by atoms with E-state index in [4.69, 9.17) is 21.4 Å². The number of amides is 1. The lowest BCUT2D eigenvalue weighted by Gasteiger charge is -2.08. The molecule has 0 aromatic heterocycles. The van der Waals surface area contributed by atoms with E-state index in [0.717, 1.165) is 11.3 Å². The molecule has 0 aliphatic rings. The van der Waals surface area contributed by atoms with Gasteiger partial charge < -0.3 is 15.2 Å². The van der Waals surface area contributed by atoms with Crippen LogP contribution in [-0.2, 0) is 9.59 Å². The molecule has 0 fully saturated rings. The summed E-state index contributed by atoms with van der Waals surface area (Å²) in [5.74, 6) is -0.368. The fourth-order valence-electron chi connectivity index (χ4n) is 1.53. The molecule has 0 saturated carbocycles. The van der Waals surface area contributed by atoms with Gasteiger partial charge in [-0.3, -0.25) is 9.59 Å². The van der Waals surface area contributed by atoms with Crippen molar-refractivity contribution in [1.82, 2.24) is 5.32 Å². The molecule has 0 unspecified atom stereocenters. The Labute approximate surface area is 122 Å². The Morgan fingerprint density at radius 1 is 1.35 bits per heavy atom. The van der Waals surface area contributed by atoms with E-state index in [1.807, 2.05) is 13.0 Å². The van der Waals surface area contributed by atoms with Gasteiger partial charge in [-0.05, 0) is 37.1 Å². The number of hydrogen-bond donors (Lipinski definition) is 2. The molecule has 0 spiro atoms. The van der Waals surface area contributed by atoms with Gasteiger partial charge >= 0.3 is 5.97 Å². The maximum atomic E-state index is 11.4. The van der Waals surface area contributed by atoms with Crippen molar-refractivity contribution < 1.29 is 19.4 Å². The molecule has 20 heavy (non-hydrogen) atoms. The van der Waals surface area contributed by atoms with Crippen LogP contribution < -0.4 is 10.1 Å². The molecule has 1 aromatic carbocycles. The van der Waals surface area contributed by atoms with Crippen molar-refractivity contribution in [1.29, 1.82) is 0 Å². The summed E-state index contributed by atoms with van der Waals surface area (Å²) in [5.41, 5.74) is 0.940. The van der Waals surface area contributed by atoms with Crippen LogP contribution in [0.4, 0.5) is 0 Å². The zero-order chi connectivity index (χ0) is 15.0. The van der Waals surface area contributed by atoms with E-state index >= 15 is 0 Å². The normalized spacial score (nSPS) is 10.1. The maximum absolute atomic E-state index is 11.4. The second-order valence-electron chi connectivity index (χ2n) is 4.36. The van der Waals surface area contributed by atoms with Crippen LogP contribution in [-0.4, -0.2) is 30.1 Å². The van der Waals surface area contributed by atoms with Gasteiger partial charge in [-0.15, -0.1) is 0 Å². The van der Waals surface area contributed by atoms with E-state index in [2.05, 4.69) is 5.32 Å². The van der Waals surface area contributed by atoms with Gasteiger partial charge in [-0.1, -0.05) is 11.6 Å². The van der Waals surface area contributed by atoms with E-state index in [-0.39, 0.29) is 18.9 Å². The summed E-state index contributed by atoms with van der Waals surface area (Å²) in [6.07, 6.45) is 0.819. The molecule has 0 aliphatic carbocycles. The van der Waals surface area contributed by atoms with Gasteiger partial charge in [0.15, 0.2) is 0 Å². The van der Waals surface area contributed by atoms with Crippen molar-refractivity contribution >= 4 is 23.5 Å². The van der Waals surface area contributed by atoms with Crippen LogP contribution in [0.15, 0.2) is 18.2 Å². The van der Waals surface area contributed by atoms with Gasteiger partial charge in [0, 0.05) is 18.0 Å². The van der Waals surface area contributed by atoms with E-state index in [9.17, 15) is 9.59 Å². The van der Waals surface area contributed by atoms with Crippen LogP contribution in [0.25, 0.3) is 0 Å². The largest absolute Gasteiger partial charge is 0.494 e. The highest BCUT2D eigenvalue weighted by molar-refractivity contribution is 6.31. The zero-order valence-corrected chi connectivity index (χ0v) is 12.1. The van der Waals surface area contributed by atoms with Crippen LogP contribution in [0.2, 0.25) is 5.02 Å². The van der Waals surface area contributed by atoms with Crippen molar-refractivity contribution in [2.24, 2.45) is 0 Å². The number of ether oxygens (including phenoxy) is 1. The molecule has 5 nitrogen and oxygen atoms in total. The molecule has 1 rings (SSSR count). The minimum atomic E-state index is -0.924. The summed E-state index contributed by atoms with van der Waals surface area (Å²) >= 11 is 5.90. The number of carbonyl (C=O) groups excluding carboxylic acids is 1. The number of aryl methyl sites for hydroxylation is 1. The summed E-state index contributed by atoms with van der Waals surface area (Å²) in [4.78, 5) is 21.6. The number of benzene rings is 1. The van der Waals surface area contributed by atoms with Crippen LogP contribution in [0.5, 0.6) is 5.75 Å². The first-order chi connectivity index (χ1) is 9.49. The molecule has 1 amide bonds. The lowest BCUT2D eigenvalue weighted by Crippen LogP contribution is -2.26. The van der Waals surface area contributed by atoms with E-state index in [1.54, 1.807) is 12.1 Å². The highest BCUT2D eigenvalue weighted by Gasteiger charge is 2.03. The third-order valence-electron chi connectivity index (χ3n) is 2.61. The van der Waals surface area contributed by atoms with Crippen LogP contribution in [0.3, 0.4) is 0 Å². The Morgan fingerprint density at radius 3 is 2.75 bits per heavy atom. The van der Waals surface area contributed by atoms with Crippen LogP contribution in [0.1, 0.15) is 24.8 Å². The predicted octanol–water partition coefficient (Wildman–Crippen LogP) is 2.40. The van der Waals surface area contributed by atoms with Gasteiger partial charge in [0.2, 0.25) is 5.91 Å². The molecule has 1 aromatic rings. The Morgan fingerprint density at radius 2 is 2.10 bits per heavy atom. The Kier molecular flexibility index (Phi) is 6.87. The molecular formula is C14H18ClNO4. The van der Waals surface area contributed by atoms with Crippen LogP contribution >= 0.6 is 11.6 Å². The molecule has 6 heteroatoms. The van der Waals surface area contributed by atoms with Gasteiger partial charge in [-0.2, -0.15) is 0 Å². The monoisotopic (exact) mass is 299 g/mol. The molecule has 110 valence electrons. The molecule has 0 aliphatic heterocycles. The van der Waals surface area contributed by atoms with Crippen molar-refractivity contribution in [3.05, 3.63) is 28.8 Å². The first kappa shape index (κ1) is 16.3. The Bertz CT molecular complexity index is 476. The van der Waals surface area contributed by atoms with Crippen molar-refractivity contribution in [3.8, 4) is 5.75 Å². The highest BCUT2D eigenvalue weighted by atomic mass is 35.5. The summed E-state index contributed by atoms with van der Waals surface area (Å²) in [7, 11) is 0. The van der Waals surface area contributed by atoms with E-state index in [1.165, 1.54) is 0 Å². The third-order valence-corrected chi connectivity index (χ3v) is 3.03. The SMILES string of the molecule is Cc1cc(OCCCC(=O)NCCC(=O)O)ccc1Cl. The molecule has 0 radical (unpaired) electrons. The summed E-state index contributed by atoms with van der Waals surface area (Å²) < 4.78 is 5.50. The Balaban J connectivity index is 2.16. The number of hydrogen-bond acceptors (Lipinski definition) is 3. The minimum absolute atomic E-state index is 0.0632. The number of rotatable bonds is 8. The van der Waals surface area contributed by atoms with Gasteiger partial charge in [0.05, 0.1) is 13.0 Å². The highest BCUT2D eigenvalue weighted by Crippen LogP contribution is 2.21. The zero-order valence-electron chi connectivity index (χ0n) is 11.3. The lowest BCUT2D eigenvalue weighted by atomic mass is 10.2. The lowest BCUT2D eigenvalue weighted by molar-refractivity contribution is -0.136. The number of halogens is 1. The fraction of sp³-hybridized carbons (Fsp3) is 0.429. The number of carboxylic acid groups (broad SMARTS) is 1. The number of carbonyl (C=O) groups is 2. The van der Waals surface area contributed by atoms with Crippen molar-refractivity contribution in [2.75, 3.05) is 13.2 Å². The van der Waals surface area contributed by atoms with Crippen molar-refractivity contribution in [3.63, 3.8) is 0 Å². The molecule has 0 heterocycles. The van der Waals surface area contributed by atoms with E-state index < -0.39 is 5.97 Å². The number of carboxylic acids is 1. The molecule has 0 bridgehead atoms. The Hall–Kier alpha value is -1.75. The predicted molar refractivity (Wildman–Crippen MR) is 76.2 cm³/mol. The quantitative estimate of drug-likeness (QED) is 0.723. The molecule has 0 atom stereocenters. The standard InChI is InChI=1S/C14H18ClNO4/c1-10-9-11(4-5-12(10)15)20-8-2-3-13(17)16-7-6-14(18)19/h4-5,9H,2-3,6-8H2,1H3,(H,16,17)(H,18,19). The van der Waals surface area contributed by atoms with Gasteiger partial charge in [0.1, 0.15) is 5.75 Å². The molecular weight excluding hydrogens is 282 g/mol. The second kappa shape index (κ2) is 8.43. The van der Waals surface area contributed by atoms with E-state index in [0.29, 0.717) is 24.5 Å². The second-order valence-corrected chi connectivity index (χ2v) is 4.76. The number of aliphatic carboxylic acids is 1. The summed E-state index contributed by atoms with van der Waals surface area (Å²) in [5, 5.41) is 11.7. The maximum Gasteiger partial charge on any atom is 0.305 e.